The molecule has 1 heterocycles. The second kappa shape index (κ2) is 6.05. The van der Waals surface area contributed by atoms with Gasteiger partial charge in [0.2, 0.25) is 0 Å². The number of rotatable bonds is 5. The van der Waals surface area contributed by atoms with Gasteiger partial charge in [0.05, 0.1) is 6.54 Å². The molecule has 0 bridgehead atoms. The highest BCUT2D eigenvalue weighted by Gasteiger charge is 2.31. The minimum Gasteiger partial charge on any atom is -0.320 e. The van der Waals surface area contributed by atoms with Crippen molar-refractivity contribution in [3.05, 3.63) is 29.8 Å². The van der Waals surface area contributed by atoms with Gasteiger partial charge in [0.15, 0.2) is 5.78 Å². The van der Waals surface area contributed by atoms with Crippen LogP contribution >= 0.6 is 0 Å². The van der Waals surface area contributed by atoms with Crippen molar-refractivity contribution in [3.8, 4) is 0 Å². The van der Waals surface area contributed by atoms with Crippen LogP contribution in [0.2, 0.25) is 0 Å². The van der Waals surface area contributed by atoms with Crippen molar-refractivity contribution in [2.75, 3.05) is 31.6 Å². The third-order valence-corrected chi connectivity index (χ3v) is 3.48. The van der Waals surface area contributed by atoms with Crippen molar-refractivity contribution in [2.45, 2.75) is 19.9 Å². The van der Waals surface area contributed by atoms with E-state index >= 15 is 0 Å². The number of nitrogens with one attached hydrogen (secondary N) is 1. The van der Waals surface area contributed by atoms with E-state index in [1.807, 2.05) is 30.9 Å². The molecule has 0 spiro atoms. The lowest BCUT2D eigenvalue weighted by Gasteiger charge is -2.22. The van der Waals surface area contributed by atoms with Gasteiger partial charge in [0.25, 0.3) is 0 Å². The Hall–Kier alpha value is -1.88. The first-order valence-corrected chi connectivity index (χ1v) is 6.90. The van der Waals surface area contributed by atoms with Crippen LogP contribution in [0.4, 0.5) is 10.5 Å². The van der Waals surface area contributed by atoms with Gasteiger partial charge in [0.1, 0.15) is 0 Å². The van der Waals surface area contributed by atoms with Crippen LogP contribution in [0.1, 0.15) is 24.2 Å². The van der Waals surface area contributed by atoms with E-state index in [9.17, 15) is 9.59 Å². The molecule has 2 amide bonds. The molecule has 5 nitrogen and oxygen atoms in total. The summed E-state index contributed by atoms with van der Waals surface area (Å²) in [4.78, 5) is 27.8. The molecule has 0 radical (unpaired) electrons. The number of Topliss-reactive ketones (excluding diaryl/α,β-unsaturated/α-hetero) is 1. The highest BCUT2D eigenvalue weighted by Crippen LogP contribution is 2.22. The molecular formula is C15H21N3O2. The van der Waals surface area contributed by atoms with Gasteiger partial charge in [-0.15, -0.1) is 0 Å². The molecule has 5 heteroatoms. The number of ketones is 1. The van der Waals surface area contributed by atoms with Crippen molar-refractivity contribution < 1.29 is 9.59 Å². The van der Waals surface area contributed by atoms with Gasteiger partial charge in [-0.05, 0) is 33.0 Å². The number of hydrogen-bond donors (Lipinski definition) is 1. The molecule has 20 heavy (non-hydrogen) atoms. The van der Waals surface area contributed by atoms with E-state index in [-0.39, 0.29) is 17.9 Å². The predicted octanol–water partition coefficient (Wildman–Crippen LogP) is 1.74. The molecule has 1 aliphatic heterocycles. The van der Waals surface area contributed by atoms with Crippen molar-refractivity contribution in [3.63, 3.8) is 0 Å². The van der Waals surface area contributed by atoms with Gasteiger partial charge in [-0.25, -0.2) is 4.79 Å². The summed E-state index contributed by atoms with van der Waals surface area (Å²) in [6.45, 7) is 5.71. The largest absolute Gasteiger partial charge is 0.324 e. The Bertz CT molecular complexity index is 514. The Labute approximate surface area is 119 Å². The van der Waals surface area contributed by atoms with E-state index < -0.39 is 0 Å². The smallest absolute Gasteiger partial charge is 0.320 e. The number of hydrogen-bond acceptors (Lipinski definition) is 3. The predicted molar refractivity (Wildman–Crippen MR) is 79.3 cm³/mol. The van der Waals surface area contributed by atoms with E-state index in [1.165, 1.54) is 0 Å². The van der Waals surface area contributed by atoms with Crippen molar-refractivity contribution in [2.24, 2.45) is 0 Å². The van der Waals surface area contributed by atoms with Crippen LogP contribution in [0.25, 0.3) is 0 Å². The van der Waals surface area contributed by atoms with E-state index in [0.29, 0.717) is 18.7 Å². The zero-order chi connectivity index (χ0) is 14.7. The topological polar surface area (TPSA) is 52.7 Å². The molecular weight excluding hydrogens is 254 g/mol. The molecule has 0 saturated carbocycles. The summed E-state index contributed by atoms with van der Waals surface area (Å²) in [5.41, 5.74) is 1.42. The van der Waals surface area contributed by atoms with Gasteiger partial charge in [-0.1, -0.05) is 12.1 Å². The Morgan fingerprint density at radius 3 is 2.70 bits per heavy atom. The molecule has 1 N–H and O–H groups in total. The summed E-state index contributed by atoms with van der Waals surface area (Å²) < 4.78 is 0. The van der Waals surface area contributed by atoms with Crippen LogP contribution in [-0.2, 0) is 0 Å². The standard InChI is InChI=1S/C15H21N3O2/c1-11(2)17-7-8-18(15(17)20)13-6-4-5-12(9-13)14(19)10-16-3/h4-6,9,11,16H,7-8,10H2,1-3H3. The van der Waals surface area contributed by atoms with Gasteiger partial charge in [0, 0.05) is 30.4 Å². The summed E-state index contributed by atoms with van der Waals surface area (Å²) in [6, 6.07) is 7.48. The molecule has 1 saturated heterocycles. The number of carbonyl (C=O) groups is 2. The molecule has 0 atom stereocenters. The Kier molecular flexibility index (Phi) is 4.39. The fourth-order valence-corrected chi connectivity index (χ4v) is 2.38. The Morgan fingerprint density at radius 2 is 2.10 bits per heavy atom. The van der Waals surface area contributed by atoms with Gasteiger partial charge in [-0.3, -0.25) is 9.69 Å². The van der Waals surface area contributed by atoms with Crippen molar-refractivity contribution in [1.82, 2.24) is 10.2 Å². The fourth-order valence-electron chi connectivity index (χ4n) is 2.38. The number of likely N-dealkylation sites (N-methyl/N-ethyl adjacent to an activating group) is 1. The first-order chi connectivity index (χ1) is 9.54. The van der Waals surface area contributed by atoms with Crippen LogP contribution < -0.4 is 10.2 Å². The zero-order valence-electron chi connectivity index (χ0n) is 12.2. The van der Waals surface area contributed by atoms with Gasteiger partial charge < -0.3 is 10.2 Å². The fraction of sp³-hybridized carbons (Fsp3) is 0.467. The van der Waals surface area contributed by atoms with E-state index in [2.05, 4.69) is 5.32 Å². The van der Waals surface area contributed by atoms with E-state index in [1.54, 1.807) is 24.1 Å². The molecule has 108 valence electrons. The van der Waals surface area contributed by atoms with Crippen LogP contribution in [0.3, 0.4) is 0 Å². The number of carbonyl (C=O) groups excluding carboxylic acids is 2. The van der Waals surface area contributed by atoms with Gasteiger partial charge >= 0.3 is 6.03 Å². The second-order valence-corrected chi connectivity index (χ2v) is 5.23. The number of benzene rings is 1. The summed E-state index contributed by atoms with van der Waals surface area (Å²) in [7, 11) is 1.74. The maximum atomic E-state index is 12.3. The lowest BCUT2D eigenvalue weighted by molar-refractivity contribution is 0.0993. The minimum atomic E-state index is 0.0122. The van der Waals surface area contributed by atoms with Crippen molar-refractivity contribution >= 4 is 17.5 Å². The number of nitrogens with zero attached hydrogens (tertiary/aromatic N) is 2. The summed E-state index contributed by atoms with van der Waals surface area (Å²) in [5.74, 6) is 0.0294. The van der Waals surface area contributed by atoms with Crippen LogP contribution in [0, 0.1) is 0 Å². The number of urea groups is 1. The SMILES string of the molecule is CNCC(=O)c1cccc(N2CCN(C(C)C)C2=O)c1. The molecule has 0 unspecified atom stereocenters. The Balaban J connectivity index is 2.20. The van der Waals surface area contributed by atoms with Crippen molar-refractivity contribution in [1.29, 1.82) is 0 Å². The minimum absolute atomic E-state index is 0.0122. The van der Waals surface area contributed by atoms with Crippen LogP contribution in [0.15, 0.2) is 24.3 Å². The Morgan fingerprint density at radius 1 is 1.35 bits per heavy atom. The normalized spacial score (nSPS) is 15.3. The summed E-state index contributed by atoms with van der Waals surface area (Å²) in [6.07, 6.45) is 0. The average molecular weight is 275 g/mol. The maximum Gasteiger partial charge on any atom is 0.324 e. The zero-order valence-corrected chi connectivity index (χ0v) is 12.2. The molecule has 2 rings (SSSR count). The highest BCUT2D eigenvalue weighted by molar-refractivity contribution is 6.00. The summed E-state index contributed by atoms with van der Waals surface area (Å²) in [5, 5.41) is 2.85. The first-order valence-electron chi connectivity index (χ1n) is 6.90. The molecule has 1 aromatic carbocycles. The second-order valence-electron chi connectivity index (χ2n) is 5.23. The monoisotopic (exact) mass is 275 g/mol. The third kappa shape index (κ3) is 2.82. The number of amides is 2. The quantitative estimate of drug-likeness (QED) is 0.833. The third-order valence-electron chi connectivity index (χ3n) is 3.48. The van der Waals surface area contributed by atoms with E-state index in [4.69, 9.17) is 0 Å². The van der Waals surface area contributed by atoms with Crippen LogP contribution in [-0.4, -0.2) is 49.4 Å². The highest BCUT2D eigenvalue weighted by atomic mass is 16.2. The van der Waals surface area contributed by atoms with E-state index in [0.717, 1.165) is 12.2 Å². The van der Waals surface area contributed by atoms with Crippen LogP contribution in [0.5, 0.6) is 0 Å². The maximum absolute atomic E-state index is 12.3. The molecule has 1 aliphatic rings. The lowest BCUT2D eigenvalue weighted by atomic mass is 10.1. The lowest BCUT2D eigenvalue weighted by Crippen LogP contribution is -2.36. The molecule has 0 aliphatic carbocycles. The molecule has 1 fully saturated rings. The average Bonchev–Trinajstić information content (AvgIpc) is 2.81. The molecule has 1 aromatic rings. The summed E-state index contributed by atoms with van der Waals surface area (Å²) >= 11 is 0. The first kappa shape index (κ1) is 14.5. The molecule has 0 aromatic heterocycles. The number of anilines is 1. The van der Waals surface area contributed by atoms with Gasteiger partial charge in [-0.2, -0.15) is 0 Å².